The second-order valence-electron chi connectivity index (χ2n) is 6.58. The number of carbonyl (C=O) groups is 1. The smallest absolute Gasteiger partial charge is 0.139 e. The molecule has 84 valence electrons. The first-order chi connectivity index (χ1) is 5.98. The fourth-order valence-electron chi connectivity index (χ4n) is 1.23. The van der Waals surface area contributed by atoms with Crippen molar-refractivity contribution in [1.82, 2.24) is 0 Å². The summed E-state index contributed by atoms with van der Waals surface area (Å²) in [7, 11) is 0. The Labute approximate surface area is 89.3 Å². The van der Waals surface area contributed by atoms with Crippen molar-refractivity contribution >= 4 is 5.78 Å². The zero-order chi connectivity index (χ0) is 11.7. The average molecular weight is 198 g/mol. The van der Waals surface area contributed by atoms with Gasteiger partial charge in [0.25, 0.3) is 0 Å². The molecule has 0 spiro atoms. The van der Waals surface area contributed by atoms with Crippen molar-refractivity contribution in [3.05, 3.63) is 0 Å². The average Bonchev–Trinajstić information content (AvgIpc) is 1.97. The predicted octanol–water partition coefficient (Wildman–Crippen LogP) is 3.92. The first-order valence-electron chi connectivity index (χ1n) is 5.51. The lowest BCUT2D eigenvalue weighted by Gasteiger charge is -2.33. The Morgan fingerprint density at radius 1 is 0.786 bits per heavy atom. The summed E-state index contributed by atoms with van der Waals surface area (Å²) in [4.78, 5) is 12.1. The van der Waals surface area contributed by atoms with Crippen molar-refractivity contribution in [3.8, 4) is 0 Å². The summed E-state index contributed by atoms with van der Waals surface area (Å²) < 4.78 is 0. The third-order valence-corrected chi connectivity index (χ3v) is 3.45. The molecular weight excluding hydrogens is 172 g/mol. The molecule has 0 aromatic rings. The molecule has 0 aliphatic carbocycles. The topological polar surface area (TPSA) is 17.1 Å². The SMILES string of the molecule is C[C@H](C(=O)[C@H](C)C(C)(C)C)C(C)(C)C. The fourth-order valence-corrected chi connectivity index (χ4v) is 1.23. The van der Waals surface area contributed by atoms with Gasteiger partial charge in [0.1, 0.15) is 5.78 Å². The molecule has 0 unspecified atom stereocenters. The van der Waals surface area contributed by atoms with Crippen molar-refractivity contribution in [2.75, 3.05) is 0 Å². The third-order valence-electron chi connectivity index (χ3n) is 3.45. The Morgan fingerprint density at radius 3 is 1.14 bits per heavy atom. The highest BCUT2D eigenvalue weighted by atomic mass is 16.1. The van der Waals surface area contributed by atoms with E-state index in [2.05, 4.69) is 41.5 Å². The maximum Gasteiger partial charge on any atom is 0.139 e. The molecule has 14 heavy (non-hydrogen) atoms. The van der Waals surface area contributed by atoms with Gasteiger partial charge >= 0.3 is 0 Å². The highest BCUT2D eigenvalue weighted by Gasteiger charge is 2.34. The maximum atomic E-state index is 12.1. The van der Waals surface area contributed by atoms with Crippen LogP contribution in [0.3, 0.4) is 0 Å². The number of hydrogen-bond donors (Lipinski definition) is 0. The molecule has 0 bridgehead atoms. The van der Waals surface area contributed by atoms with Gasteiger partial charge in [-0.25, -0.2) is 0 Å². The van der Waals surface area contributed by atoms with E-state index in [0.29, 0.717) is 5.78 Å². The van der Waals surface area contributed by atoms with Crippen molar-refractivity contribution in [1.29, 1.82) is 0 Å². The van der Waals surface area contributed by atoms with Gasteiger partial charge in [0, 0.05) is 11.8 Å². The highest BCUT2D eigenvalue weighted by molar-refractivity contribution is 5.84. The van der Waals surface area contributed by atoms with Gasteiger partial charge in [0.05, 0.1) is 0 Å². The Kier molecular flexibility index (Phi) is 3.94. The Hall–Kier alpha value is -0.330. The third kappa shape index (κ3) is 3.43. The standard InChI is InChI=1S/C13H26O/c1-9(12(3,4)5)11(14)10(2)13(6,7)8/h9-10H,1-8H3/t9-,10+. The van der Waals surface area contributed by atoms with E-state index in [1.807, 2.05) is 13.8 Å². The minimum absolute atomic E-state index is 0.0800. The molecule has 2 atom stereocenters. The molecule has 0 saturated heterocycles. The molecule has 0 amide bonds. The van der Waals surface area contributed by atoms with Gasteiger partial charge in [-0.2, -0.15) is 0 Å². The van der Waals surface area contributed by atoms with E-state index in [0.717, 1.165) is 0 Å². The first kappa shape index (κ1) is 13.7. The lowest BCUT2D eigenvalue weighted by atomic mass is 9.70. The predicted molar refractivity (Wildman–Crippen MR) is 62.2 cm³/mol. The molecule has 1 nitrogen and oxygen atoms in total. The molecule has 0 N–H and O–H groups in total. The Bertz CT molecular complexity index is 180. The van der Waals surface area contributed by atoms with Crippen LogP contribution in [0, 0.1) is 22.7 Å². The van der Waals surface area contributed by atoms with Gasteiger partial charge < -0.3 is 0 Å². The van der Waals surface area contributed by atoms with Gasteiger partial charge in [-0.15, -0.1) is 0 Å². The largest absolute Gasteiger partial charge is 0.299 e. The summed E-state index contributed by atoms with van der Waals surface area (Å²) in [6, 6.07) is 0. The van der Waals surface area contributed by atoms with Crippen molar-refractivity contribution in [2.45, 2.75) is 55.4 Å². The fraction of sp³-hybridized carbons (Fsp3) is 0.923. The molecule has 0 saturated carbocycles. The van der Waals surface area contributed by atoms with Crippen LogP contribution in [-0.4, -0.2) is 5.78 Å². The Balaban J connectivity index is 4.65. The second kappa shape index (κ2) is 4.04. The van der Waals surface area contributed by atoms with Gasteiger partial charge in [-0.05, 0) is 10.8 Å². The second-order valence-corrected chi connectivity index (χ2v) is 6.58. The first-order valence-corrected chi connectivity index (χ1v) is 5.51. The van der Waals surface area contributed by atoms with Crippen molar-refractivity contribution in [3.63, 3.8) is 0 Å². The number of hydrogen-bond acceptors (Lipinski definition) is 1. The van der Waals surface area contributed by atoms with E-state index in [1.54, 1.807) is 0 Å². The number of ketones is 1. The highest BCUT2D eigenvalue weighted by Crippen LogP contribution is 2.34. The van der Waals surface area contributed by atoms with Crippen molar-refractivity contribution in [2.24, 2.45) is 22.7 Å². The molecule has 0 radical (unpaired) electrons. The van der Waals surface area contributed by atoms with Gasteiger partial charge in [-0.1, -0.05) is 55.4 Å². The van der Waals surface area contributed by atoms with Crippen LogP contribution >= 0.6 is 0 Å². The van der Waals surface area contributed by atoms with E-state index < -0.39 is 0 Å². The summed E-state index contributed by atoms with van der Waals surface area (Å²) >= 11 is 0. The maximum absolute atomic E-state index is 12.1. The van der Waals surface area contributed by atoms with E-state index in [-0.39, 0.29) is 22.7 Å². The van der Waals surface area contributed by atoms with Gasteiger partial charge in [0.15, 0.2) is 0 Å². The quantitative estimate of drug-likeness (QED) is 0.657. The van der Waals surface area contributed by atoms with E-state index in [4.69, 9.17) is 0 Å². The molecule has 1 heteroatoms. The summed E-state index contributed by atoms with van der Waals surface area (Å²) in [6.07, 6.45) is 0. The van der Waals surface area contributed by atoms with Gasteiger partial charge in [-0.3, -0.25) is 4.79 Å². The van der Waals surface area contributed by atoms with Crippen LogP contribution in [0.1, 0.15) is 55.4 Å². The minimum atomic E-state index is 0.0800. The van der Waals surface area contributed by atoms with Crippen LogP contribution in [-0.2, 0) is 4.79 Å². The van der Waals surface area contributed by atoms with Crippen LogP contribution in [0.4, 0.5) is 0 Å². The normalized spacial score (nSPS) is 17.7. The molecule has 0 aliphatic heterocycles. The molecule has 0 aliphatic rings. The molecule has 0 rings (SSSR count). The van der Waals surface area contributed by atoms with E-state index in [1.165, 1.54) is 0 Å². The molecule has 0 heterocycles. The number of rotatable bonds is 2. The number of carbonyl (C=O) groups excluding carboxylic acids is 1. The lowest BCUT2D eigenvalue weighted by Crippen LogP contribution is -2.35. The van der Waals surface area contributed by atoms with Crippen molar-refractivity contribution < 1.29 is 4.79 Å². The van der Waals surface area contributed by atoms with Gasteiger partial charge in [0.2, 0.25) is 0 Å². The number of Topliss-reactive ketones (excluding diaryl/α,β-unsaturated/α-hetero) is 1. The summed E-state index contributed by atoms with van der Waals surface area (Å²) in [5.41, 5.74) is 0.160. The van der Waals surface area contributed by atoms with Crippen LogP contribution in [0.2, 0.25) is 0 Å². The monoisotopic (exact) mass is 198 g/mol. The lowest BCUT2D eigenvalue weighted by molar-refractivity contribution is -0.131. The summed E-state index contributed by atoms with van der Waals surface area (Å²) in [5, 5.41) is 0. The van der Waals surface area contributed by atoms with Crippen LogP contribution in [0.15, 0.2) is 0 Å². The zero-order valence-electron chi connectivity index (χ0n) is 11.1. The molecule has 0 aromatic heterocycles. The van der Waals surface area contributed by atoms with Crippen LogP contribution in [0.5, 0.6) is 0 Å². The van der Waals surface area contributed by atoms with E-state index in [9.17, 15) is 4.79 Å². The van der Waals surface area contributed by atoms with Crippen LogP contribution in [0.25, 0.3) is 0 Å². The van der Waals surface area contributed by atoms with Crippen LogP contribution < -0.4 is 0 Å². The molecule has 0 fully saturated rings. The van der Waals surface area contributed by atoms with E-state index >= 15 is 0 Å². The Morgan fingerprint density at radius 2 is 1.00 bits per heavy atom. The molecule has 0 aromatic carbocycles. The summed E-state index contributed by atoms with van der Waals surface area (Å²) in [5.74, 6) is 0.665. The zero-order valence-corrected chi connectivity index (χ0v) is 11.1. The molecular formula is C13H26O. The summed E-state index contributed by atoms with van der Waals surface area (Å²) in [6.45, 7) is 16.9. The minimum Gasteiger partial charge on any atom is -0.299 e.